The molecule has 0 aliphatic carbocycles. The van der Waals surface area contributed by atoms with Crippen LogP contribution in [0, 0.1) is 0 Å². The van der Waals surface area contributed by atoms with Gasteiger partial charge in [0.25, 0.3) is 0 Å². The summed E-state index contributed by atoms with van der Waals surface area (Å²) in [6, 6.07) is 15.5. The zero-order valence-electron chi connectivity index (χ0n) is 21.7. The quantitative estimate of drug-likeness (QED) is 0.186. The molecule has 39 heavy (non-hydrogen) atoms. The number of hydrogen-bond donors (Lipinski definition) is 3. The third-order valence-corrected chi connectivity index (χ3v) is 8.29. The van der Waals surface area contributed by atoms with E-state index in [2.05, 4.69) is 5.09 Å². The Morgan fingerprint density at radius 2 is 1.21 bits per heavy atom. The summed E-state index contributed by atoms with van der Waals surface area (Å²) in [5.41, 5.74) is 1.10. The smallest absolute Gasteiger partial charge is 0.334 e. The number of ketones is 2. The first-order valence-electron chi connectivity index (χ1n) is 12.2. The summed E-state index contributed by atoms with van der Waals surface area (Å²) >= 11 is 0. The van der Waals surface area contributed by atoms with E-state index in [1.807, 2.05) is 0 Å². The van der Waals surface area contributed by atoms with E-state index in [1.54, 1.807) is 48.5 Å². The Labute approximate surface area is 225 Å². The molecule has 0 radical (unpaired) electrons. The van der Waals surface area contributed by atoms with Gasteiger partial charge in [0.2, 0.25) is 11.8 Å². The van der Waals surface area contributed by atoms with Gasteiger partial charge < -0.3 is 29.1 Å². The van der Waals surface area contributed by atoms with E-state index in [4.69, 9.17) is 14.3 Å². The summed E-state index contributed by atoms with van der Waals surface area (Å²) in [7, 11) is -3.11. The van der Waals surface area contributed by atoms with Crippen molar-refractivity contribution in [3.63, 3.8) is 0 Å². The molecule has 0 amide bonds. The Hall–Kier alpha value is -4.08. The van der Waals surface area contributed by atoms with Gasteiger partial charge >= 0.3 is 5.97 Å². The molecule has 0 bridgehead atoms. The molecule has 0 saturated heterocycles. The van der Waals surface area contributed by atoms with Crippen LogP contribution in [0.3, 0.4) is 0 Å². The highest BCUT2D eigenvalue weighted by Crippen LogP contribution is 2.40. The summed E-state index contributed by atoms with van der Waals surface area (Å²) in [6.07, 6.45) is 0.0619. The average Bonchev–Trinajstić information content (AvgIpc) is 3.21. The summed E-state index contributed by atoms with van der Waals surface area (Å²) in [6.45, 7) is 3.15. The van der Waals surface area contributed by atoms with Crippen LogP contribution >= 0.6 is 7.29 Å². The maximum Gasteiger partial charge on any atom is 0.334 e. The summed E-state index contributed by atoms with van der Waals surface area (Å²) < 4.78 is 25.7. The fourth-order valence-electron chi connectivity index (χ4n) is 3.47. The Morgan fingerprint density at radius 1 is 0.769 bits per heavy atom. The van der Waals surface area contributed by atoms with Gasteiger partial charge in [-0.05, 0) is 62.4 Å². The van der Waals surface area contributed by atoms with Crippen LogP contribution < -0.4 is 19.4 Å². The maximum absolute atomic E-state index is 13.7. The number of aromatic hydroxyl groups is 2. The van der Waals surface area contributed by atoms with Crippen LogP contribution in [0.15, 0.2) is 60.7 Å². The minimum absolute atomic E-state index is 0.000476. The van der Waals surface area contributed by atoms with E-state index in [-0.39, 0.29) is 50.1 Å². The summed E-state index contributed by atoms with van der Waals surface area (Å²) in [5.74, 6) is -0.743. The van der Waals surface area contributed by atoms with Crippen LogP contribution in [0.25, 0.3) is 0 Å². The number of nitrogens with zero attached hydrogens (tertiary/aromatic N) is 1. The Morgan fingerprint density at radius 3 is 1.62 bits per heavy atom. The van der Waals surface area contributed by atoms with Crippen LogP contribution in [0.2, 0.25) is 0 Å². The molecule has 1 heterocycles. The minimum atomic E-state index is -3.11. The van der Waals surface area contributed by atoms with Crippen LogP contribution in [0.5, 0.6) is 23.3 Å². The SMILES string of the molecule is CC(=O)c1ccc(OCCP(=O)(CCOc2ccc(C(C)=O)cc2)NCCC(=O)On2c(O)ccc2O)cc1. The lowest BCUT2D eigenvalue weighted by molar-refractivity contribution is -0.145. The second kappa shape index (κ2) is 13.6. The van der Waals surface area contributed by atoms with E-state index in [1.165, 1.54) is 13.8 Å². The van der Waals surface area contributed by atoms with Gasteiger partial charge in [0.05, 0.1) is 19.6 Å². The lowest BCUT2D eigenvalue weighted by Crippen LogP contribution is -2.26. The first-order chi connectivity index (χ1) is 18.6. The fourth-order valence-corrected chi connectivity index (χ4v) is 5.30. The fraction of sp³-hybridized carbons (Fsp3) is 0.296. The number of rotatable bonds is 15. The van der Waals surface area contributed by atoms with Gasteiger partial charge in [-0.3, -0.25) is 14.7 Å². The molecule has 11 nitrogen and oxygen atoms in total. The van der Waals surface area contributed by atoms with Crippen LogP contribution in [0.4, 0.5) is 0 Å². The van der Waals surface area contributed by atoms with Crippen molar-refractivity contribution in [2.75, 3.05) is 32.1 Å². The number of carbonyl (C=O) groups excluding carboxylic acids is 3. The average molecular weight is 559 g/mol. The Balaban J connectivity index is 1.56. The summed E-state index contributed by atoms with van der Waals surface area (Å²) in [5, 5.41) is 22.1. The van der Waals surface area contributed by atoms with Crippen molar-refractivity contribution in [3.8, 4) is 23.3 Å². The number of hydrogen-bond acceptors (Lipinski definition) is 9. The van der Waals surface area contributed by atoms with E-state index < -0.39 is 25.0 Å². The molecule has 208 valence electrons. The number of ether oxygens (including phenoxy) is 2. The summed E-state index contributed by atoms with van der Waals surface area (Å²) in [4.78, 5) is 40.0. The first kappa shape index (κ1) is 29.5. The van der Waals surface area contributed by atoms with Crippen molar-refractivity contribution in [2.45, 2.75) is 20.3 Å². The second-order valence-corrected chi connectivity index (χ2v) is 11.6. The normalized spacial score (nSPS) is 11.1. The first-order valence-corrected chi connectivity index (χ1v) is 14.3. The predicted molar refractivity (Wildman–Crippen MR) is 143 cm³/mol. The number of carbonyl (C=O) groups is 3. The molecular weight excluding hydrogens is 527 g/mol. The topological polar surface area (TPSA) is 153 Å². The van der Waals surface area contributed by atoms with Crippen LogP contribution in [-0.2, 0) is 9.36 Å². The molecule has 12 heteroatoms. The molecule has 3 N–H and O–H groups in total. The predicted octanol–water partition coefficient (Wildman–Crippen LogP) is 3.68. The molecule has 0 atom stereocenters. The maximum atomic E-state index is 13.7. The number of Topliss-reactive ketones (excluding diaryl/α,β-unsaturated/α-hetero) is 2. The minimum Gasteiger partial charge on any atom is -0.493 e. The van der Waals surface area contributed by atoms with Crippen molar-refractivity contribution in [2.24, 2.45) is 0 Å². The van der Waals surface area contributed by atoms with Gasteiger partial charge in [-0.2, -0.15) is 0 Å². The van der Waals surface area contributed by atoms with E-state index in [0.29, 0.717) is 27.4 Å². The molecule has 2 aromatic carbocycles. The zero-order chi connectivity index (χ0) is 28.4. The second-order valence-electron chi connectivity index (χ2n) is 8.66. The number of aromatic nitrogens is 1. The van der Waals surface area contributed by atoms with E-state index in [9.17, 15) is 29.2 Å². The van der Waals surface area contributed by atoms with Crippen molar-refractivity contribution in [1.29, 1.82) is 0 Å². The number of nitrogens with one attached hydrogen (secondary N) is 1. The molecule has 0 spiro atoms. The standard InChI is InChI=1S/C27H31N2O9P/c1-19(30)21-3-7-23(8-4-21)36-15-17-39(35,18-16-37-24-9-5-22(6-10-24)20(2)31)28-14-13-27(34)38-29-25(32)11-12-26(29)33/h3-12,32-33H,13-18H2,1-2H3,(H,28,35). The lowest BCUT2D eigenvalue weighted by Gasteiger charge is -2.20. The number of benzene rings is 2. The molecular formula is C27H31N2O9P. The molecule has 0 aliphatic rings. The van der Waals surface area contributed by atoms with Crippen molar-refractivity contribution >= 4 is 24.8 Å². The molecule has 3 aromatic rings. The van der Waals surface area contributed by atoms with Gasteiger partial charge in [-0.1, -0.05) is 0 Å². The van der Waals surface area contributed by atoms with Gasteiger partial charge in [0, 0.05) is 42.1 Å². The highest BCUT2D eigenvalue weighted by atomic mass is 31.2. The molecule has 3 rings (SSSR count). The molecule has 0 unspecified atom stereocenters. The molecule has 0 fully saturated rings. The third kappa shape index (κ3) is 9.01. The molecule has 0 aliphatic heterocycles. The Bertz CT molecular complexity index is 1250. The third-order valence-electron chi connectivity index (χ3n) is 5.68. The molecule has 0 saturated carbocycles. The van der Waals surface area contributed by atoms with Crippen LogP contribution in [0.1, 0.15) is 41.0 Å². The highest BCUT2D eigenvalue weighted by molar-refractivity contribution is 7.61. The van der Waals surface area contributed by atoms with Crippen molar-refractivity contribution in [3.05, 3.63) is 71.8 Å². The van der Waals surface area contributed by atoms with Crippen LogP contribution in [-0.4, -0.2) is 64.6 Å². The molecule has 1 aromatic heterocycles. The largest absolute Gasteiger partial charge is 0.493 e. The lowest BCUT2D eigenvalue weighted by atomic mass is 10.1. The zero-order valence-corrected chi connectivity index (χ0v) is 22.6. The van der Waals surface area contributed by atoms with Gasteiger partial charge in [-0.25, -0.2) is 4.79 Å². The monoisotopic (exact) mass is 558 g/mol. The van der Waals surface area contributed by atoms with Gasteiger partial charge in [-0.15, -0.1) is 4.73 Å². The van der Waals surface area contributed by atoms with Crippen molar-refractivity contribution in [1.82, 2.24) is 9.82 Å². The van der Waals surface area contributed by atoms with E-state index in [0.717, 1.165) is 12.1 Å². The van der Waals surface area contributed by atoms with Crippen molar-refractivity contribution < 1.29 is 43.5 Å². The highest BCUT2D eigenvalue weighted by Gasteiger charge is 2.23. The van der Waals surface area contributed by atoms with Gasteiger partial charge in [0.15, 0.2) is 18.9 Å². The Kier molecular flexibility index (Phi) is 10.3. The van der Waals surface area contributed by atoms with E-state index >= 15 is 0 Å². The van der Waals surface area contributed by atoms with Gasteiger partial charge in [0.1, 0.15) is 11.5 Å².